The number of ether oxygens (including phenoxy) is 1. The molecule has 0 unspecified atom stereocenters. The molecule has 150 valence electrons. The van der Waals surface area contributed by atoms with E-state index in [0.29, 0.717) is 5.56 Å². The SMILES string of the molecule is O=C(Nc1cccc(-c2nc3ccccc3s2)c1)c1ccc(N2CCOCC2)cc1. The summed E-state index contributed by atoms with van der Waals surface area (Å²) in [6, 6.07) is 23.7. The number of nitrogens with zero attached hydrogens (tertiary/aromatic N) is 2. The van der Waals surface area contributed by atoms with E-state index in [1.807, 2.05) is 66.7 Å². The summed E-state index contributed by atoms with van der Waals surface area (Å²) in [4.78, 5) is 19.7. The Morgan fingerprint density at radius 1 is 0.967 bits per heavy atom. The first-order chi connectivity index (χ1) is 14.8. The van der Waals surface area contributed by atoms with Gasteiger partial charge in [-0.3, -0.25) is 4.79 Å². The van der Waals surface area contributed by atoms with Gasteiger partial charge in [-0.1, -0.05) is 24.3 Å². The third kappa shape index (κ3) is 3.92. The number of rotatable bonds is 4. The fourth-order valence-corrected chi connectivity index (χ4v) is 4.54. The average Bonchev–Trinajstić information content (AvgIpc) is 3.24. The number of para-hydroxylation sites is 1. The van der Waals surface area contributed by atoms with E-state index in [-0.39, 0.29) is 5.91 Å². The molecule has 1 saturated heterocycles. The van der Waals surface area contributed by atoms with Crippen LogP contribution in [0.2, 0.25) is 0 Å². The molecule has 0 atom stereocenters. The summed E-state index contributed by atoms with van der Waals surface area (Å²) in [7, 11) is 0. The zero-order valence-electron chi connectivity index (χ0n) is 16.4. The Balaban J connectivity index is 1.31. The zero-order valence-corrected chi connectivity index (χ0v) is 17.2. The fraction of sp³-hybridized carbons (Fsp3) is 0.167. The number of nitrogens with one attached hydrogen (secondary N) is 1. The molecule has 5 nitrogen and oxygen atoms in total. The van der Waals surface area contributed by atoms with Gasteiger partial charge in [-0.2, -0.15) is 0 Å². The summed E-state index contributed by atoms with van der Waals surface area (Å²) in [5.74, 6) is -0.120. The fourth-order valence-electron chi connectivity index (χ4n) is 3.57. The van der Waals surface area contributed by atoms with Crippen LogP contribution in [0.15, 0.2) is 72.8 Å². The molecule has 1 aliphatic heterocycles. The van der Waals surface area contributed by atoms with Crippen LogP contribution in [-0.4, -0.2) is 37.2 Å². The van der Waals surface area contributed by atoms with Crippen LogP contribution in [0.1, 0.15) is 10.4 Å². The van der Waals surface area contributed by atoms with Crippen molar-refractivity contribution in [1.82, 2.24) is 4.98 Å². The number of thiazole rings is 1. The number of hydrogen-bond acceptors (Lipinski definition) is 5. The van der Waals surface area contributed by atoms with Gasteiger partial charge < -0.3 is 15.0 Å². The maximum atomic E-state index is 12.7. The molecule has 30 heavy (non-hydrogen) atoms. The van der Waals surface area contributed by atoms with E-state index < -0.39 is 0 Å². The van der Waals surface area contributed by atoms with E-state index in [0.717, 1.165) is 58.5 Å². The third-order valence-corrected chi connectivity index (χ3v) is 6.25. The summed E-state index contributed by atoms with van der Waals surface area (Å²) in [6.45, 7) is 3.24. The summed E-state index contributed by atoms with van der Waals surface area (Å²) >= 11 is 1.65. The monoisotopic (exact) mass is 415 g/mol. The molecule has 2 heterocycles. The van der Waals surface area contributed by atoms with Crippen molar-refractivity contribution >= 4 is 38.8 Å². The highest BCUT2D eigenvalue weighted by atomic mass is 32.1. The second kappa shape index (κ2) is 8.26. The Labute approximate surface area is 178 Å². The average molecular weight is 416 g/mol. The van der Waals surface area contributed by atoms with E-state index >= 15 is 0 Å². The second-order valence-corrected chi connectivity index (χ2v) is 8.20. The minimum absolute atomic E-state index is 0.120. The van der Waals surface area contributed by atoms with Crippen molar-refractivity contribution in [1.29, 1.82) is 0 Å². The predicted molar refractivity (Wildman–Crippen MR) is 122 cm³/mol. The van der Waals surface area contributed by atoms with E-state index in [9.17, 15) is 4.79 Å². The van der Waals surface area contributed by atoms with Gasteiger partial charge >= 0.3 is 0 Å². The topological polar surface area (TPSA) is 54.5 Å². The minimum atomic E-state index is -0.120. The van der Waals surface area contributed by atoms with Gasteiger partial charge in [-0.05, 0) is 48.5 Å². The largest absolute Gasteiger partial charge is 0.378 e. The molecule has 1 amide bonds. The Morgan fingerprint density at radius 2 is 1.77 bits per heavy atom. The molecule has 0 saturated carbocycles. The summed E-state index contributed by atoms with van der Waals surface area (Å²) in [5, 5.41) is 3.95. The van der Waals surface area contributed by atoms with E-state index in [2.05, 4.69) is 16.3 Å². The highest BCUT2D eigenvalue weighted by Gasteiger charge is 2.13. The lowest BCUT2D eigenvalue weighted by molar-refractivity contribution is 0.102. The van der Waals surface area contributed by atoms with Crippen molar-refractivity contribution in [2.24, 2.45) is 0 Å². The van der Waals surface area contributed by atoms with Gasteiger partial charge in [0.25, 0.3) is 5.91 Å². The van der Waals surface area contributed by atoms with Gasteiger partial charge in [0.05, 0.1) is 23.4 Å². The van der Waals surface area contributed by atoms with Crippen LogP contribution < -0.4 is 10.2 Å². The van der Waals surface area contributed by atoms with Crippen molar-refractivity contribution in [3.63, 3.8) is 0 Å². The smallest absolute Gasteiger partial charge is 0.255 e. The molecule has 0 bridgehead atoms. The van der Waals surface area contributed by atoms with Crippen LogP contribution in [0.4, 0.5) is 11.4 Å². The summed E-state index contributed by atoms with van der Waals surface area (Å²) < 4.78 is 6.55. The van der Waals surface area contributed by atoms with Gasteiger partial charge in [0.2, 0.25) is 0 Å². The second-order valence-electron chi connectivity index (χ2n) is 7.17. The normalized spacial score (nSPS) is 14.1. The number of aromatic nitrogens is 1. The van der Waals surface area contributed by atoms with Crippen molar-refractivity contribution in [2.45, 2.75) is 0 Å². The lowest BCUT2D eigenvalue weighted by Gasteiger charge is -2.28. The van der Waals surface area contributed by atoms with Gasteiger partial charge in [-0.25, -0.2) is 4.98 Å². The summed E-state index contributed by atoms with van der Waals surface area (Å²) in [5.41, 5.74) is 4.50. The van der Waals surface area contributed by atoms with Crippen molar-refractivity contribution in [3.05, 3.63) is 78.4 Å². The molecule has 1 fully saturated rings. The Bertz CT molecular complexity index is 1150. The number of benzene rings is 3. The van der Waals surface area contributed by atoms with E-state index in [4.69, 9.17) is 9.72 Å². The third-order valence-electron chi connectivity index (χ3n) is 5.17. The molecule has 1 aliphatic rings. The highest BCUT2D eigenvalue weighted by molar-refractivity contribution is 7.21. The molecular formula is C24H21N3O2S. The van der Waals surface area contributed by atoms with Crippen LogP contribution in [-0.2, 0) is 4.74 Å². The lowest BCUT2D eigenvalue weighted by Crippen LogP contribution is -2.36. The standard InChI is InChI=1S/C24H21N3O2S/c28-23(17-8-10-20(11-9-17)27-12-14-29-15-13-27)25-19-5-3-4-18(16-19)24-26-21-6-1-2-7-22(21)30-24/h1-11,16H,12-15H2,(H,25,28). The van der Waals surface area contributed by atoms with E-state index in [1.165, 1.54) is 0 Å². The van der Waals surface area contributed by atoms with Gasteiger partial charge in [0.15, 0.2) is 0 Å². The highest BCUT2D eigenvalue weighted by Crippen LogP contribution is 2.31. The van der Waals surface area contributed by atoms with Gasteiger partial charge in [0, 0.05) is 35.6 Å². The van der Waals surface area contributed by atoms with Crippen LogP contribution >= 0.6 is 11.3 Å². The number of carbonyl (C=O) groups excluding carboxylic acids is 1. The van der Waals surface area contributed by atoms with E-state index in [1.54, 1.807) is 11.3 Å². The molecule has 3 aromatic carbocycles. The van der Waals surface area contributed by atoms with Crippen LogP contribution in [0.3, 0.4) is 0 Å². The van der Waals surface area contributed by atoms with Crippen LogP contribution in [0, 0.1) is 0 Å². The molecule has 1 aromatic heterocycles. The first-order valence-corrected chi connectivity index (χ1v) is 10.8. The Kier molecular flexibility index (Phi) is 5.17. The number of fused-ring (bicyclic) bond motifs is 1. The van der Waals surface area contributed by atoms with Crippen molar-refractivity contribution < 1.29 is 9.53 Å². The Morgan fingerprint density at radius 3 is 2.57 bits per heavy atom. The van der Waals surface area contributed by atoms with Gasteiger partial charge in [-0.15, -0.1) is 11.3 Å². The van der Waals surface area contributed by atoms with Crippen LogP contribution in [0.5, 0.6) is 0 Å². The predicted octanol–water partition coefficient (Wildman–Crippen LogP) is 5.05. The molecule has 0 aliphatic carbocycles. The minimum Gasteiger partial charge on any atom is -0.378 e. The Hall–Kier alpha value is -3.22. The lowest BCUT2D eigenvalue weighted by atomic mass is 10.1. The number of hydrogen-bond donors (Lipinski definition) is 1. The maximum absolute atomic E-state index is 12.7. The van der Waals surface area contributed by atoms with Crippen molar-refractivity contribution in [3.8, 4) is 10.6 Å². The quantitative estimate of drug-likeness (QED) is 0.507. The molecule has 1 N–H and O–H groups in total. The van der Waals surface area contributed by atoms with Crippen molar-refractivity contribution in [2.75, 3.05) is 36.5 Å². The molecule has 5 rings (SSSR count). The number of amides is 1. The summed E-state index contributed by atoms with van der Waals surface area (Å²) in [6.07, 6.45) is 0. The molecule has 0 spiro atoms. The first kappa shape index (κ1) is 18.8. The van der Waals surface area contributed by atoms with Gasteiger partial charge in [0.1, 0.15) is 5.01 Å². The van der Waals surface area contributed by atoms with Crippen LogP contribution in [0.25, 0.3) is 20.8 Å². The molecular weight excluding hydrogens is 394 g/mol. The molecule has 0 radical (unpaired) electrons. The number of anilines is 2. The zero-order chi connectivity index (χ0) is 20.3. The number of morpholine rings is 1. The molecule has 4 aromatic rings. The molecule has 6 heteroatoms. The number of carbonyl (C=O) groups is 1. The first-order valence-electron chi connectivity index (χ1n) is 9.96. The maximum Gasteiger partial charge on any atom is 0.255 e.